The van der Waals surface area contributed by atoms with E-state index >= 15 is 0 Å². The highest BCUT2D eigenvalue weighted by atomic mass is 16.4. The number of rotatable bonds is 7. The molecule has 1 aromatic rings. The number of carboxylic acid groups (broad SMARTS) is 1. The Morgan fingerprint density at radius 3 is 2.53 bits per heavy atom. The van der Waals surface area contributed by atoms with Crippen LogP contribution in [0.3, 0.4) is 0 Å². The Morgan fingerprint density at radius 2 is 2.00 bits per heavy atom. The Bertz CT molecular complexity index is 427. The molecule has 106 valence electrons. The highest BCUT2D eigenvalue weighted by molar-refractivity contribution is 5.70. The third-order valence-electron chi connectivity index (χ3n) is 3.31. The van der Waals surface area contributed by atoms with Crippen molar-refractivity contribution >= 4 is 5.97 Å². The normalized spacial score (nSPS) is 12.7. The van der Waals surface area contributed by atoms with Crippen molar-refractivity contribution in [3.8, 4) is 0 Å². The molecule has 0 saturated carbocycles. The van der Waals surface area contributed by atoms with Crippen LogP contribution >= 0.6 is 0 Å². The summed E-state index contributed by atoms with van der Waals surface area (Å²) in [4.78, 5) is 11.1. The Kier molecular flexibility index (Phi) is 6.03. The third kappa shape index (κ3) is 5.43. The molecule has 0 radical (unpaired) electrons. The van der Waals surface area contributed by atoms with Crippen LogP contribution in [0.5, 0.6) is 0 Å². The molecule has 19 heavy (non-hydrogen) atoms. The largest absolute Gasteiger partial charge is 0.481 e. The summed E-state index contributed by atoms with van der Waals surface area (Å²) in [6.07, 6.45) is 0.717. The molecule has 0 aliphatic carbocycles. The average molecular weight is 263 g/mol. The molecule has 3 nitrogen and oxygen atoms in total. The average Bonchev–Trinajstić information content (AvgIpc) is 2.29. The molecule has 0 saturated heterocycles. The lowest BCUT2D eigenvalue weighted by Crippen LogP contribution is -2.29. The van der Waals surface area contributed by atoms with E-state index in [1.807, 2.05) is 0 Å². The van der Waals surface area contributed by atoms with Gasteiger partial charge in [0, 0.05) is 13.1 Å². The first-order chi connectivity index (χ1) is 8.90. The van der Waals surface area contributed by atoms with Gasteiger partial charge in [-0.3, -0.25) is 4.79 Å². The maximum Gasteiger partial charge on any atom is 0.307 e. The Balaban J connectivity index is 2.49. The lowest BCUT2D eigenvalue weighted by atomic mass is 9.97. The number of carboxylic acids is 1. The molecule has 1 rings (SSSR count). The molecule has 1 unspecified atom stereocenters. The summed E-state index contributed by atoms with van der Waals surface area (Å²) in [5, 5.41) is 12.4. The van der Waals surface area contributed by atoms with Crippen molar-refractivity contribution in [2.45, 2.75) is 40.7 Å². The van der Waals surface area contributed by atoms with Gasteiger partial charge in [0.25, 0.3) is 0 Å². The fourth-order valence-corrected chi connectivity index (χ4v) is 2.27. The molecule has 0 aromatic heterocycles. The zero-order chi connectivity index (χ0) is 14.4. The molecule has 2 N–H and O–H groups in total. The molecule has 3 heteroatoms. The zero-order valence-corrected chi connectivity index (χ0v) is 12.4. The Hall–Kier alpha value is -1.35. The molecule has 1 aromatic carbocycles. The maximum absolute atomic E-state index is 11.1. The van der Waals surface area contributed by atoms with Crippen LogP contribution in [-0.2, 0) is 11.3 Å². The van der Waals surface area contributed by atoms with E-state index < -0.39 is 5.97 Å². The van der Waals surface area contributed by atoms with E-state index in [2.05, 4.69) is 51.2 Å². The van der Waals surface area contributed by atoms with E-state index in [1.54, 1.807) is 0 Å². The number of benzene rings is 1. The molecule has 0 amide bonds. The van der Waals surface area contributed by atoms with Crippen molar-refractivity contribution in [3.63, 3.8) is 0 Å². The van der Waals surface area contributed by atoms with Gasteiger partial charge in [-0.25, -0.2) is 0 Å². The van der Waals surface area contributed by atoms with Crippen molar-refractivity contribution in [2.24, 2.45) is 11.8 Å². The van der Waals surface area contributed by atoms with E-state index in [-0.39, 0.29) is 5.92 Å². The fourth-order valence-electron chi connectivity index (χ4n) is 2.27. The van der Waals surface area contributed by atoms with Crippen LogP contribution in [0, 0.1) is 25.7 Å². The molecule has 0 heterocycles. The van der Waals surface area contributed by atoms with Gasteiger partial charge in [0.15, 0.2) is 0 Å². The SMILES string of the molecule is Cc1ccc(CNCC(CC(C)C)C(=O)O)c(C)c1. The number of hydrogen-bond donors (Lipinski definition) is 2. The molecule has 0 spiro atoms. The first-order valence-corrected chi connectivity index (χ1v) is 6.89. The van der Waals surface area contributed by atoms with Gasteiger partial charge in [0.05, 0.1) is 5.92 Å². The second-order valence-electron chi connectivity index (χ2n) is 5.73. The smallest absolute Gasteiger partial charge is 0.307 e. The molecule has 0 aliphatic heterocycles. The van der Waals surface area contributed by atoms with Crippen LogP contribution in [0.1, 0.15) is 37.0 Å². The second kappa shape index (κ2) is 7.29. The molecular formula is C16H25NO2. The van der Waals surface area contributed by atoms with Gasteiger partial charge in [-0.1, -0.05) is 37.6 Å². The minimum Gasteiger partial charge on any atom is -0.481 e. The maximum atomic E-state index is 11.1. The standard InChI is InChI=1S/C16H25NO2/c1-11(2)7-15(16(18)19)10-17-9-14-6-5-12(3)8-13(14)4/h5-6,8,11,15,17H,7,9-10H2,1-4H3,(H,18,19). The van der Waals surface area contributed by atoms with Crippen LogP contribution in [0.4, 0.5) is 0 Å². The summed E-state index contributed by atoms with van der Waals surface area (Å²) < 4.78 is 0. The van der Waals surface area contributed by atoms with Gasteiger partial charge in [-0.2, -0.15) is 0 Å². The van der Waals surface area contributed by atoms with Gasteiger partial charge in [-0.05, 0) is 37.3 Å². The van der Waals surface area contributed by atoms with Crippen LogP contribution in [-0.4, -0.2) is 17.6 Å². The first kappa shape index (κ1) is 15.7. The van der Waals surface area contributed by atoms with E-state index in [4.69, 9.17) is 0 Å². The van der Waals surface area contributed by atoms with Gasteiger partial charge >= 0.3 is 5.97 Å². The number of nitrogens with one attached hydrogen (secondary N) is 1. The van der Waals surface area contributed by atoms with Gasteiger partial charge < -0.3 is 10.4 Å². The molecule has 1 atom stereocenters. The van der Waals surface area contributed by atoms with Crippen molar-refractivity contribution < 1.29 is 9.90 Å². The summed E-state index contributed by atoms with van der Waals surface area (Å²) in [6, 6.07) is 6.35. The monoisotopic (exact) mass is 263 g/mol. The van der Waals surface area contributed by atoms with E-state index in [9.17, 15) is 9.90 Å². The summed E-state index contributed by atoms with van der Waals surface area (Å²) in [7, 11) is 0. The van der Waals surface area contributed by atoms with Crippen molar-refractivity contribution in [1.29, 1.82) is 0 Å². The minimum absolute atomic E-state index is 0.300. The summed E-state index contributed by atoms with van der Waals surface area (Å²) in [5.74, 6) is -0.600. The van der Waals surface area contributed by atoms with Crippen molar-refractivity contribution in [1.82, 2.24) is 5.32 Å². The van der Waals surface area contributed by atoms with Crippen molar-refractivity contribution in [2.75, 3.05) is 6.54 Å². The minimum atomic E-state index is -0.707. The van der Waals surface area contributed by atoms with Crippen LogP contribution in [0.15, 0.2) is 18.2 Å². The van der Waals surface area contributed by atoms with Gasteiger partial charge in [-0.15, -0.1) is 0 Å². The third-order valence-corrected chi connectivity index (χ3v) is 3.31. The summed E-state index contributed by atoms with van der Waals surface area (Å²) >= 11 is 0. The zero-order valence-electron chi connectivity index (χ0n) is 12.4. The number of carbonyl (C=O) groups is 1. The fraction of sp³-hybridized carbons (Fsp3) is 0.562. The summed E-state index contributed by atoms with van der Waals surface area (Å²) in [6.45, 7) is 9.54. The lowest BCUT2D eigenvalue weighted by molar-refractivity contribution is -0.142. The second-order valence-corrected chi connectivity index (χ2v) is 5.73. The highest BCUT2D eigenvalue weighted by Gasteiger charge is 2.18. The highest BCUT2D eigenvalue weighted by Crippen LogP contribution is 2.13. The summed E-state index contributed by atoms with van der Waals surface area (Å²) in [5.41, 5.74) is 3.74. The Morgan fingerprint density at radius 1 is 1.32 bits per heavy atom. The Labute approximate surface area is 116 Å². The molecule has 0 fully saturated rings. The molecule has 0 bridgehead atoms. The van der Waals surface area contributed by atoms with E-state index in [0.717, 1.165) is 13.0 Å². The van der Waals surface area contributed by atoms with Crippen molar-refractivity contribution in [3.05, 3.63) is 34.9 Å². The topological polar surface area (TPSA) is 49.3 Å². The quantitative estimate of drug-likeness (QED) is 0.794. The van der Waals surface area contributed by atoms with Crippen LogP contribution in [0.25, 0.3) is 0 Å². The van der Waals surface area contributed by atoms with E-state index in [0.29, 0.717) is 12.5 Å². The van der Waals surface area contributed by atoms with Gasteiger partial charge in [0.2, 0.25) is 0 Å². The van der Waals surface area contributed by atoms with E-state index in [1.165, 1.54) is 16.7 Å². The van der Waals surface area contributed by atoms with Crippen LogP contribution < -0.4 is 5.32 Å². The van der Waals surface area contributed by atoms with Crippen LogP contribution in [0.2, 0.25) is 0 Å². The molecular weight excluding hydrogens is 238 g/mol. The number of aryl methyl sites for hydroxylation is 2. The predicted octanol–water partition coefficient (Wildman–Crippen LogP) is 3.14. The lowest BCUT2D eigenvalue weighted by Gasteiger charge is -2.16. The predicted molar refractivity (Wildman–Crippen MR) is 78.2 cm³/mol. The first-order valence-electron chi connectivity index (χ1n) is 6.89. The number of aliphatic carboxylic acids is 1. The molecule has 0 aliphatic rings. The number of hydrogen-bond acceptors (Lipinski definition) is 2. The van der Waals surface area contributed by atoms with Gasteiger partial charge in [0.1, 0.15) is 0 Å².